The highest BCUT2D eigenvalue weighted by Gasteiger charge is 2.14. The maximum Gasteiger partial charge on any atom is 0.258 e. The van der Waals surface area contributed by atoms with Crippen LogP contribution in [-0.2, 0) is 0 Å². The summed E-state index contributed by atoms with van der Waals surface area (Å²) in [6.07, 6.45) is 0. The number of hydrogen-bond donors (Lipinski definition) is 1. The van der Waals surface area contributed by atoms with E-state index in [2.05, 4.69) is 15.5 Å². The summed E-state index contributed by atoms with van der Waals surface area (Å²) in [5, 5.41) is 15.6. The van der Waals surface area contributed by atoms with Gasteiger partial charge < -0.3 is 9.84 Å². The molecule has 0 spiro atoms. The van der Waals surface area contributed by atoms with Crippen LogP contribution in [0.15, 0.2) is 77.3 Å². The number of benzene rings is 3. The van der Waals surface area contributed by atoms with E-state index < -0.39 is 5.82 Å². The molecule has 4 aromatic rings. The second-order valence-electron chi connectivity index (χ2n) is 6.16. The maximum absolute atomic E-state index is 13.4. The molecule has 1 N–H and O–H groups in total. The van der Waals surface area contributed by atoms with E-state index in [1.807, 2.05) is 6.07 Å². The first-order valence-corrected chi connectivity index (χ1v) is 8.64. The van der Waals surface area contributed by atoms with Crippen molar-refractivity contribution in [2.75, 3.05) is 5.32 Å². The van der Waals surface area contributed by atoms with Crippen molar-refractivity contribution in [3.63, 3.8) is 0 Å². The van der Waals surface area contributed by atoms with Crippen LogP contribution in [0.25, 0.3) is 22.8 Å². The Morgan fingerprint density at radius 3 is 2.62 bits per heavy atom. The second kappa shape index (κ2) is 7.74. The van der Waals surface area contributed by atoms with Gasteiger partial charge in [-0.3, -0.25) is 4.79 Å². The number of nitrogens with zero attached hydrogens (tertiary/aromatic N) is 3. The molecule has 0 unspecified atom stereocenters. The zero-order chi connectivity index (χ0) is 20.2. The average Bonchev–Trinajstić information content (AvgIpc) is 3.24. The number of halogens is 1. The van der Waals surface area contributed by atoms with Crippen LogP contribution in [-0.4, -0.2) is 16.0 Å². The third-order valence-corrected chi connectivity index (χ3v) is 4.13. The number of nitriles is 1. The van der Waals surface area contributed by atoms with E-state index in [4.69, 9.17) is 9.78 Å². The molecule has 140 valence electrons. The molecule has 7 heteroatoms. The van der Waals surface area contributed by atoms with E-state index in [9.17, 15) is 9.18 Å². The molecular weight excluding hydrogens is 371 g/mol. The Morgan fingerprint density at radius 2 is 1.79 bits per heavy atom. The minimum absolute atomic E-state index is 0.213. The van der Waals surface area contributed by atoms with Crippen molar-refractivity contribution in [2.24, 2.45) is 0 Å². The second-order valence-corrected chi connectivity index (χ2v) is 6.16. The highest BCUT2D eigenvalue weighted by atomic mass is 19.1. The van der Waals surface area contributed by atoms with E-state index in [1.54, 1.807) is 60.7 Å². The Bertz CT molecular complexity index is 1240. The fraction of sp³-hybridized carbons (Fsp3) is 0. The summed E-state index contributed by atoms with van der Waals surface area (Å²) in [5.74, 6) is -0.271. The summed E-state index contributed by atoms with van der Waals surface area (Å²) in [4.78, 5) is 16.8. The van der Waals surface area contributed by atoms with Crippen molar-refractivity contribution in [1.82, 2.24) is 10.1 Å². The number of amides is 1. The minimum Gasteiger partial charge on any atom is -0.334 e. The van der Waals surface area contributed by atoms with Crippen molar-refractivity contribution in [1.29, 1.82) is 5.26 Å². The zero-order valence-electron chi connectivity index (χ0n) is 15.0. The fourth-order valence-corrected chi connectivity index (χ4v) is 2.75. The Morgan fingerprint density at radius 1 is 1.00 bits per heavy atom. The lowest BCUT2D eigenvalue weighted by atomic mass is 10.1. The van der Waals surface area contributed by atoms with Crippen LogP contribution < -0.4 is 5.32 Å². The molecule has 0 radical (unpaired) electrons. The number of aromatic nitrogens is 2. The van der Waals surface area contributed by atoms with Crippen LogP contribution in [0.2, 0.25) is 0 Å². The molecule has 0 saturated heterocycles. The number of rotatable bonds is 4. The average molecular weight is 384 g/mol. The molecule has 0 aliphatic rings. The van der Waals surface area contributed by atoms with Gasteiger partial charge in [-0.2, -0.15) is 10.2 Å². The third kappa shape index (κ3) is 4.01. The Labute approximate surface area is 165 Å². The maximum atomic E-state index is 13.4. The topological polar surface area (TPSA) is 91.8 Å². The van der Waals surface area contributed by atoms with Gasteiger partial charge in [0.1, 0.15) is 5.82 Å². The van der Waals surface area contributed by atoms with Gasteiger partial charge in [-0.05, 0) is 48.5 Å². The number of hydrogen-bond acceptors (Lipinski definition) is 5. The highest BCUT2D eigenvalue weighted by Crippen LogP contribution is 2.24. The summed E-state index contributed by atoms with van der Waals surface area (Å²) in [6, 6.07) is 21.2. The molecule has 1 heterocycles. The van der Waals surface area contributed by atoms with Crippen LogP contribution in [0, 0.1) is 17.1 Å². The first kappa shape index (κ1) is 18.1. The van der Waals surface area contributed by atoms with Gasteiger partial charge >= 0.3 is 0 Å². The number of carbonyl (C=O) groups excluding carboxylic acids is 1. The van der Waals surface area contributed by atoms with Gasteiger partial charge in [-0.1, -0.05) is 29.4 Å². The smallest absolute Gasteiger partial charge is 0.258 e. The van der Waals surface area contributed by atoms with Crippen LogP contribution in [0.5, 0.6) is 0 Å². The minimum atomic E-state index is -0.395. The molecule has 4 rings (SSSR count). The normalized spacial score (nSPS) is 10.3. The zero-order valence-corrected chi connectivity index (χ0v) is 15.0. The van der Waals surface area contributed by atoms with Crippen LogP contribution in [0.3, 0.4) is 0 Å². The van der Waals surface area contributed by atoms with Crippen LogP contribution in [0.4, 0.5) is 10.1 Å². The lowest BCUT2D eigenvalue weighted by molar-refractivity contribution is 0.102. The number of anilines is 1. The summed E-state index contributed by atoms with van der Waals surface area (Å²) < 4.78 is 18.7. The molecule has 0 saturated carbocycles. The molecule has 0 fully saturated rings. The Balaban J connectivity index is 1.57. The summed E-state index contributed by atoms with van der Waals surface area (Å²) in [6.45, 7) is 0. The largest absolute Gasteiger partial charge is 0.334 e. The molecular formula is C22H13FN4O2. The van der Waals surface area contributed by atoms with Crippen LogP contribution >= 0.6 is 0 Å². The molecule has 1 aromatic heterocycles. The first-order chi connectivity index (χ1) is 14.1. The molecule has 29 heavy (non-hydrogen) atoms. The van der Waals surface area contributed by atoms with Gasteiger partial charge in [-0.25, -0.2) is 4.39 Å². The van der Waals surface area contributed by atoms with Crippen molar-refractivity contribution in [3.05, 3.63) is 89.7 Å². The molecule has 0 aliphatic carbocycles. The summed E-state index contributed by atoms with van der Waals surface area (Å²) in [5.41, 5.74) is 2.40. The quantitative estimate of drug-likeness (QED) is 0.552. The van der Waals surface area contributed by atoms with E-state index in [0.717, 1.165) is 0 Å². The van der Waals surface area contributed by atoms with Crippen LogP contribution in [0.1, 0.15) is 15.9 Å². The molecule has 0 bridgehead atoms. The van der Waals surface area contributed by atoms with E-state index >= 15 is 0 Å². The molecule has 0 atom stereocenters. The predicted octanol–water partition coefficient (Wildman–Crippen LogP) is 4.67. The monoisotopic (exact) mass is 384 g/mol. The van der Waals surface area contributed by atoms with Gasteiger partial charge in [0, 0.05) is 22.4 Å². The number of carbonyl (C=O) groups is 1. The third-order valence-electron chi connectivity index (χ3n) is 4.13. The van der Waals surface area contributed by atoms with Gasteiger partial charge in [0.15, 0.2) is 0 Å². The standard InChI is InChI=1S/C22H13FN4O2/c23-18-8-3-5-15(12-18)20-26-22(29-27-20)17-7-2-6-16(11-17)21(28)25-19-9-1-4-14(10-19)13-24/h1-12H,(H,25,28). The summed E-state index contributed by atoms with van der Waals surface area (Å²) in [7, 11) is 0. The fourth-order valence-electron chi connectivity index (χ4n) is 2.75. The molecule has 6 nitrogen and oxygen atoms in total. The predicted molar refractivity (Wildman–Crippen MR) is 104 cm³/mol. The van der Waals surface area contributed by atoms with Gasteiger partial charge in [-0.15, -0.1) is 0 Å². The lowest BCUT2D eigenvalue weighted by Gasteiger charge is -2.06. The Kier molecular flexibility index (Phi) is 4.82. The van der Waals surface area contributed by atoms with E-state index in [-0.39, 0.29) is 17.6 Å². The highest BCUT2D eigenvalue weighted by molar-refractivity contribution is 6.04. The van der Waals surface area contributed by atoms with Gasteiger partial charge in [0.05, 0.1) is 11.6 Å². The van der Waals surface area contributed by atoms with E-state index in [1.165, 1.54) is 12.1 Å². The van der Waals surface area contributed by atoms with E-state index in [0.29, 0.717) is 27.9 Å². The van der Waals surface area contributed by atoms with Crippen molar-refractivity contribution in [2.45, 2.75) is 0 Å². The molecule has 0 aliphatic heterocycles. The van der Waals surface area contributed by atoms with Crippen molar-refractivity contribution in [3.8, 4) is 28.9 Å². The van der Waals surface area contributed by atoms with Crippen molar-refractivity contribution < 1.29 is 13.7 Å². The molecule has 3 aromatic carbocycles. The Hall–Kier alpha value is -4.31. The number of nitrogens with one attached hydrogen (secondary N) is 1. The molecule has 1 amide bonds. The van der Waals surface area contributed by atoms with Gasteiger partial charge in [0.2, 0.25) is 5.82 Å². The van der Waals surface area contributed by atoms with Gasteiger partial charge in [0.25, 0.3) is 11.8 Å². The SMILES string of the molecule is N#Cc1cccc(NC(=O)c2cccc(-c3nc(-c4cccc(F)c4)no3)c2)c1. The first-order valence-electron chi connectivity index (χ1n) is 8.64. The lowest BCUT2D eigenvalue weighted by Crippen LogP contribution is -2.11. The van der Waals surface area contributed by atoms with Crippen molar-refractivity contribution >= 4 is 11.6 Å². The summed E-state index contributed by atoms with van der Waals surface area (Å²) >= 11 is 0.